The average molecular weight is 290 g/mol. The number of ether oxygens (including phenoxy) is 1. The average Bonchev–Trinajstić information content (AvgIpc) is 2.28. The lowest BCUT2D eigenvalue weighted by molar-refractivity contribution is 0.458. The maximum Gasteiger partial charge on any atom is 0.242 e. The van der Waals surface area contributed by atoms with Gasteiger partial charge in [-0.2, -0.15) is 4.98 Å². The van der Waals surface area contributed by atoms with Gasteiger partial charge in [0.05, 0.1) is 6.20 Å². The summed E-state index contributed by atoms with van der Waals surface area (Å²) in [6, 6.07) is 5.30. The monoisotopic (exact) mass is 288 g/mol. The number of rotatable bonds is 2. The summed E-state index contributed by atoms with van der Waals surface area (Å²) in [6.07, 6.45) is 1.38. The Kier molecular flexibility index (Phi) is 3.72. The van der Waals surface area contributed by atoms with Crippen molar-refractivity contribution in [3.8, 4) is 11.6 Å². The van der Waals surface area contributed by atoms with E-state index in [0.29, 0.717) is 10.8 Å². The highest BCUT2D eigenvalue weighted by Crippen LogP contribution is 2.31. The molecule has 0 unspecified atom stereocenters. The molecule has 0 atom stereocenters. The van der Waals surface area contributed by atoms with Gasteiger partial charge in [-0.25, -0.2) is 4.98 Å². The van der Waals surface area contributed by atoms with Crippen molar-refractivity contribution in [2.24, 2.45) is 0 Å². The summed E-state index contributed by atoms with van der Waals surface area (Å²) in [5.41, 5.74) is 0.917. The van der Waals surface area contributed by atoms with Crippen LogP contribution in [0.5, 0.6) is 11.6 Å². The Hall–Kier alpha value is -1.03. The second-order valence-electron chi connectivity index (χ2n) is 3.30. The van der Waals surface area contributed by atoms with Crippen LogP contribution in [-0.2, 0) is 0 Å². The molecule has 0 fully saturated rings. The molecule has 1 aromatic carbocycles. The fraction of sp³-hybridized carbons (Fsp3) is 0.0909. The molecule has 0 bridgehead atoms. The van der Waals surface area contributed by atoms with Gasteiger partial charge in [0.2, 0.25) is 11.2 Å². The first-order chi connectivity index (χ1) is 8.06. The fourth-order valence-corrected chi connectivity index (χ4v) is 1.61. The second kappa shape index (κ2) is 5.08. The maximum atomic E-state index is 5.90. The first kappa shape index (κ1) is 12.4. The van der Waals surface area contributed by atoms with Gasteiger partial charge in [0.25, 0.3) is 0 Å². The zero-order chi connectivity index (χ0) is 12.4. The number of nitrogens with zero attached hydrogens (tertiary/aromatic N) is 2. The van der Waals surface area contributed by atoms with Crippen molar-refractivity contribution < 1.29 is 4.74 Å². The van der Waals surface area contributed by atoms with Crippen molar-refractivity contribution >= 4 is 34.8 Å². The maximum absolute atomic E-state index is 5.90. The molecule has 2 rings (SSSR count). The van der Waals surface area contributed by atoms with E-state index in [2.05, 4.69) is 9.97 Å². The summed E-state index contributed by atoms with van der Waals surface area (Å²) in [7, 11) is 0. The van der Waals surface area contributed by atoms with E-state index < -0.39 is 0 Å². The van der Waals surface area contributed by atoms with Gasteiger partial charge in [0, 0.05) is 5.02 Å². The summed E-state index contributed by atoms with van der Waals surface area (Å²) in [5, 5.41) is 0.930. The lowest BCUT2D eigenvalue weighted by atomic mass is 10.2. The largest absolute Gasteiger partial charge is 0.437 e. The fourth-order valence-electron chi connectivity index (χ4n) is 1.19. The van der Waals surface area contributed by atoms with Gasteiger partial charge in [-0.1, -0.05) is 29.3 Å². The van der Waals surface area contributed by atoms with E-state index in [9.17, 15) is 0 Å². The van der Waals surface area contributed by atoms with Crippen molar-refractivity contribution in [3.05, 3.63) is 45.3 Å². The highest BCUT2D eigenvalue weighted by molar-refractivity contribution is 6.32. The zero-order valence-electron chi connectivity index (χ0n) is 8.75. The summed E-state index contributed by atoms with van der Waals surface area (Å²) in [5.74, 6) is 0.784. The first-order valence-corrected chi connectivity index (χ1v) is 5.81. The van der Waals surface area contributed by atoms with E-state index in [1.54, 1.807) is 12.1 Å². The van der Waals surface area contributed by atoms with E-state index in [0.717, 1.165) is 5.56 Å². The Bertz CT molecular complexity index is 511. The molecular formula is C11H7Cl3N2O. The molecule has 0 N–H and O–H groups in total. The van der Waals surface area contributed by atoms with E-state index in [1.807, 2.05) is 13.0 Å². The molecule has 0 spiro atoms. The Balaban J connectivity index is 2.37. The third-order valence-electron chi connectivity index (χ3n) is 2.04. The number of aromatic nitrogens is 2. The minimum atomic E-state index is 0.0732. The smallest absolute Gasteiger partial charge is 0.242 e. The number of benzene rings is 1. The SMILES string of the molecule is Cc1ccc(Cl)cc1Oc1nc(Cl)ncc1Cl. The lowest BCUT2D eigenvalue weighted by Gasteiger charge is -2.09. The topological polar surface area (TPSA) is 35.0 Å². The standard InChI is InChI=1S/C11H7Cl3N2O/c1-6-2-3-7(12)4-9(6)17-10-8(13)5-15-11(14)16-10/h2-5H,1H3. The normalized spacial score (nSPS) is 10.4. The molecule has 88 valence electrons. The first-order valence-electron chi connectivity index (χ1n) is 4.68. The summed E-state index contributed by atoms with van der Waals surface area (Å²) in [4.78, 5) is 7.63. The van der Waals surface area contributed by atoms with Crippen LogP contribution in [0.4, 0.5) is 0 Å². The lowest BCUT2D eigenvalue weighted by Crippen LogP contribution is -1.93. The zero-order valence-corrected chi connectivity index (χ0v) is 11.0. The van der Waals surface area contributed by atoms with Crippen LogP contribution in [0.3, 0.4) is 0 Å². The summed E-state index contributed by atoms with van der Waals surface area (Å²) < 4.78 is 5.55. The van der Waals surface area contributed by atoms with Gasteiger partial charge in [-0.3, -0.25) is 0 Å². The molecule has 1 heterocycles. The highest BCUT2D eigenvalue weighted by Gasteiger charge is 2.09. The van der Waals surface area contributed by atoms with Crippen molar-refractivity contribution in [2.75, 3.05) is 0 Å². The molecule has 3 nitrogen and oxygen atoms in total. The van der Waals surface area contributed by atoms with E-state index >= 15 is 0 Å². The molecule has 0 aliphatic heterocycles. The molecule has 1 aromatic heterocycles. The third-order valence-corrected chi connectivity index (χ3v) is 2.72. The van der Waals surface area contributed by atoms with Crippen LogP contribution in [0.15, 0.2) is 24.4 Å². The molecule has 6 heteroatoms. The number of hydrogen-bond donors (Lipinski definition) is 0. The van der Waals surface area contributed by atoms with Gasteiger partial charge in [0.1, 0.15) is 10.8 Å². The Morgan fingerprint density at radius 3 is 2.71 bits per heavy atom. The van der Waals surface area contributed by atoms with Crippen molar-refractivity contribution in [2.45, 2.75) is 6.92 Å². The van der Waals surface area contributed by atoms with Crippen LogP contribution in [0.25, 0.3) is 0 Å². The van der Waals surface area contributed by atoms with Gasteiger partial charge in [0.15, 0.2) is 0 Å². The predicted molar refractivity (Wildman–Crippen MR) is 68.3 cm³/mol. The predicted octanol–water partition coefficient (Wildman–Crippen LogP) is 4.54. The molecule has 0 radical (unpaired) electrons. The Morgan fingerprint density at radius 2 is 1.94 bits per heavy atom. The van der Waals surface area contributed by atoms with Crippen LogP contribution < -0.4 is 4.74 Å². The molecular weight excluding hydrogens is 282 g/mol. The molecule has 17 heavy (non-hydrogen) atoms. The van der Waals surface area contributed by atoms with Crippen LogP contribution in [0, 0.1) is 6.92 Å². The molecule has 0 saturated heterocycles. The van der Waals surface area contributed by atoms with Crippen molar-refractivity contribution in [1.29, 1.82) is 0 Å². The second-order valence-corrected chi connectivity index (χ2v) is 4.49. The molecule has 0 aliphatic carbocycles. The van der Waals surface area contributed by atoms with Gasteiger partial charge >= 0.3 is 0 Å². The van der Waals surface area contributed by atoms with Crippen LogP contribution in [0.2, 0.25) is 15.3 Å². The molecule has 0 saturated carbocycles. The van der Waals surface area contributed by atoms with Gasteiger partial charge in [-0.05, 0) is 36.2 Å². The van der Waals surface area contributed by atoms with Gasteiger partial charge < -0.3 is 4.74 Å². The summed E-state index contributed by atoms with van der Waals surface area (Å²) in [6.45, 7) is 1.89. The summed E-state index contributed by atoms with van der Waals surface area (Å²) >= 11 is 17.4. The Morgan fingerprint density at radius 1 is 1.18 bits per heavy atom. The van der Waals surface area contributed by atoms with Crippen molar-refractivity contribution in [3.63, 3.8) is 0 Å². The van der Waals surface area contributed by atoms with Crippen LogP contribution in [0.1, 0.15) is 5.56 Å². The minimum absolute atomic E-state index is 0.0732. The highest BCUT2D eigenvalue weighted by atomic mass is 35.5. The number of aryl methyl sites for hydroxylation is 1. The van der Waals surface area contributed by atoms with E-state index in [-0.39, 0.29) is 16.2 Å². The quantitative estimate of drug-likeness (QED) is 0.761. The molecule has 0 aliphatic rings. The van der Waals surface area contributed by atoms with E-state index in [1.165, 1.54) is 6.20 Å². The van der Waals surface area contributed by atoms with E-state index in [4.69, 9.17) is 39.5 Å². The third kappa shape index (κ3) is 3.00. The minimum Gasteiger partial charge on any atom is -0.437 e. The van der Waals surface area contributed by atoms with Gasteiger partial charge in [-0.15, -0.1) is 0 Å². The number of halogens is 3. The Labute approximate surface area is 113 Å². The molecule has 2 aromatic rings. The molecule has 0 amide bonds. The van der Waals surface area contributed by atoms with Crippen LogP contribution >= 0.6 is 34.8 Å². The van der Waals surface area contributed by atoms with Crippen molar-refractivity contribution in [1.82, 2.24) is 9.97 Å². The van der Waals surface area contributed by atoms with Crippen LogP contribution in [-0.4, -0.2) is 9.97 Å². The number of hydrogen-bond acceptors (Lipinski definition) is 3.